The molecule has 3 N–H and O–H groups in total. The molecule has 4 nitrogen and oxygen atoms in total. The van der Waals surface area contributed by atoms with Gasteiger partial charge in [-0.15, -0.1) is 0 Å². The van der Waals surface area contributed by atoms with Crippen LogP contribution in [0.1, 0.15) is 37.2 Å². The Labute approximate surface area is 113 Å². The van der Waals surface area contributed by atoms with Crippen LogP contribution in [0.3, 0.4) is 0 Å². The van der Waals surface area contributed by atoms with Gasteiger partial charge in [-0.3, -0.25) is 0 Å². The molecule has 0 spiro atoms. The molecule has 1 atom stereocenters. The van der Waals surface area contributed by atoms with Gasteiger partial charge in [0.15, 0.2) is 0 Å². The van der Waals surface area contributed by atoms with Gasteiger partial charge in [0, 0.05) is 18.7 Å². The molecule has 2 heterocycles. The van der Waals surface area contributed by atoms with E-state index in [2.05, 4.69) is 21.6 Å². The van der Waals surface area contributed by atoms with E-state index in [1.807, 2.05) is 0 Å². The summed E-state index contributed by atoms with van der Waals surface area (Å²) in [5.41, 5.74) is 7.26. The van der Waals surface area contributed by atoms with Gasteiger partial charge < -0.3 is 16.0 Å². The summed E-state index contributed by atoms with van der Waals surface area (Å²) in [6, 6.07) is 0. The summed E-state index contributed by atoms with van der Waals surface area (Å²) in [5, 5.41) is 4.82. The van der Waals surface area contributed by atoms with Crippen molar-refractivity contribution in [2.75, 3.05) is 37.7 Å². The van der Waals surface area contributed by atoms with Gasteiger partial charge in [0.2, 0.25) is 0 Å². The van der Waals surface area contributed by atoms with E-state index < -0.39 is 0 Å². The Morgan fingerprint density at radius 3 is 3.00 bits per heavy atom. The number of hydrogen-bond acceptors (Lipinski definition) is 5. The van der Waals surface area contributed by atoms with Crippen LogP contribution in [0.5, 0.6) is 0 Å². The Kier molecular flexibility index (Phi) is 3.43. The van der Waals surface area contributed by atoms with Crippen molar-refractivity contribution in [1.82, 2.24) is 9.27 Å². The first-order valence-electron chi connectivity index (χ1n) is 6.91. The molecule has 3 rings (SSSR count). The van der Waals surface area contributed by atoms with Gasteiger partial charge in [-0.2, -0.15) is 4.37 Å². The SMILES string of the molecule is CN1CCCC(CNc2snc(N)c2C2CC2)C1. The smallest absolute Gasteiger partial charge is 0.142 e. The number of anilines is 2. The fraction of sp³-hybridized carbons (Fsp3) is 0.769. The molecular weight excluding hydrogens is 244 g/mol. The van der Waals surface area contributed by atoms with Crippen molar-refractivity contribution in [1.29, 1.82) is 0 Å². The predicted octanol–water partition coefficient (Wildman–Crippen LogP) is 2.36. The van der Waals surface area contributed by atoms with E-state index in [0.717, 1.165) is 18.3 Å². The van der Waals surface area contributed by atoms with Crippen molar-refractivity contribution in [3.05, 3.63) is 5.56 Å². The van der Waals surface area contributed by atoms with Crippen molar-refractivity contribution in [2.24, 2.45) is 5.92 Å². The van der Waals surface area contributed by atoms with E-state index in [1.54, 1.807) is 0 Å². The standard InChI is InChI=1S/C13H22N4S/c1-17-6-2-3-9(8-17)7-15-13-11(10-4-5-10)12(14)16-18-13/h9-10,15H,2-8H2,1H3,(H2,14,16). The number of piperidine rings is 1. The van der Waals surface area contributed by atoms with Gasteiger partial charge >= 0.3 is 0 Å². The molecule has 1 unspecified atom stereocenters. The van der Waals surface area contributed by atoms with Crippen LogP contribution in [0.4, 0.5) is 10.8 Å². The number of nitrogen functional groups attached to an aromatic ring is 1. The molecule has 5 heteroatoms. The quantitative estimate of drug-likeness (QED) is 0.878. The zero-order chi connectivity index (χ0) is 12.5. The molecule has 0 radical (unpaired) electrons. The third-order valence-electron chi connectivity index (χ3n) is 4.01. The molecule has 2 aliphatic rings. The van der Waals surface area contributed by atoms with Crippen molar-refractivity contribution in [2.45, 2.75) is 31.6 Å². The van der Waals surface area contributed by atoms with Gasteiger partial charge in [-0.05, 0) is 62.6 Å². The van der Waals surface area contributed by atoms with E-state index in [9.17, 15) is 0 Å². The first-order chi connectivity index (χ1) is 8.74. The summed E-state index contributed by atoms with van der Waals surface area (Å²) in [6.45, 7) is 3.52. The van der Waals surface area contributed by atoms with E-state index >= 15 is 0 Å². The summed E-state index contributed by atoms with van der Waals surface area (Å²) in [4.78, 5) is 2.43. The summed E-state index contributed by atoms with van der Waals surface area (Å²) in [5.74, 6) is 2.20. The minimum Gasteiger partial charge on any atom is -0.383 e. The second-order valence-electron chi connectivity index (χ2n) is 5.74. The molecule has 0 amide bonds. The third-order valence-corrected chi connectivity index (χ3v) is 4.85. The normalized spacial score (nSPS) is 25.3. The maximum Gasteiger partial charge on any atom is 0.142 e. The molecule has 100 valence electrons. The molecule has 0 bridgehead atoms. The number of rotatable bonds is 4. The average Bonchev–Trinajstić information content (AvgIpc) is 3.11. The van der Waals surface area contributed by atoms with Gasteiger partial charge in [0.1, 0.15) is 10.8 Å². The number of hydrogen-bond donors (Lipinski definition) is 2. The molecule has 1 saturated carbocycles. The van der Waals surface area contributed by atoms with Gasteiger partial charge in [0.05, 0.1) is 0 Å². The number of likely N-dealkylation sites (tertiary alicyclic amines) is 1. The Balaban J connectivity index is 1.59. The van der Waals surface area contributed by atoms with Crippen LogP contribution in [-0.2, 0) is 0 Å². The molecule has 1 aromatic heterocycles. The first kappa shape index (κ1) is 12.2. The van der Waals surface area contributed by atoms with E-state index in [-0.39, 0.29) is 0 Å². The monoisotopic (exact) mass is 266 g/mol. The Bertz CT molecular complexity index is 413. The third kappa shape index (κ3) is 2.62. The molecule has 1 aliphatic heterocycles. The minimum atomic E-state index is 0.681. The van der Waals surface area contributed by atoms with Crippen LogP contribution < -0.4 is 11.1 Å². The lowest BCUT2D eigenvalue weighted by molar-refractivity contribution is 0.217. The first-order valence-corrected chi connectivity index (χ1v) is 7.69. The fourth-order valence-electron chi connectivity index (χ4n) is 2.88. The molecule has 1 saturated heterocycles. The summed E-state index contributed by atoms with van der Waals surface area (Å²) in [6.07, 6.45) is 5.22. The number of aromatic nitrogens is 1. The number of nitrogens with one attached hydrogen (secondary N) is 1. The van der Waals surface area contributed by atoms with Crippen molar-refractivity contribution < 1.29 is 0 Å². The zero-order valence-corrected chi connectivity index (χ0v) is 11.8. The van der Waals surface area contributed by atoms with Crippen LogP contribution in [0.15, 0.2) is 0 Å². The van der Waals surface area contributed by atoms with Crippen molar-refractivity contribution in [3.63, 3.8) is 0 Å². The Hall–Kier alpha value is -0.810. The lowest BCUT2D eigenvalue weighted by Gasteiger charge is -2.29. The number of nitrogens with zero attached hydrogens (tertiary/aromatic N) is 2. The van der Waals surface area contributed by atoms with E-state index in [0.29, 0.717) is 5.92 Å². The molecule has 2 fully saturated rings. The second kappa shape index (κ2) is 5.05. The van der Waals surface area contributed by atoms with Crippen LogP contribution in [0, 0.1) is 5.92 Å². The van der Waals surface area contributed by atoms with Gasteiger partial charge in [-0.1, -0.05) is 0 Å². The largest absolute Gasteiger partial charge is 0.383 e. The number of nitrogens with two attached hydrogens (primary N) is 1. The van der Waals surface area contributed by atoms with Gasteiger partial charge in [0.25, 0.3) is 0 Å². The predicted molar refractivity (Wildman–Crippen MR) is 77.2 cm³/mol. The zero-order valence-electron chi connectivity index (χ0n) is 11.0. The highest BCUT2D eigenvalue weighted by molar-refractivity contribution is 7.10. The van der Waals surface area contributed by atoms with Crippen LogP contribution >= 0.6 is 11.5 Å². The summed E-state index contributed by atoms with van der Waals surface area (Å²) >= 11 is 1.53. The van der Waals surface area contributed by atoms with E-state index in [4.69, 9.17) is 5.73 Å². The van der Waals surface area contributed by atoms with Crippen molar-refractivity contribution in [3.8, 4) is 0 Å². The van der Waals surface area contributed by atoms with Gasteiger partial charge in [-0.25, -0.2) is 0 Å². The van der Waals surface area contributed by atoms with Crippen molar-refractivity contribution >= 4 is 22.4 Å². The average molecular weight is 266 g/mol. The van der Waals surface area contributed by atoms with E-state index in [1.165, 1.54) is 60.9 Å². The Morgan fingerprint density at radius 2 is 2.28 bits per heavy atom. The molecule has 18 heavy (non-hydrogen) atoms. The lowest BCUT2D eigenvalue weighted by atomic mass is 9.98. The molecular formula is C13H22N4S. The highest BCUT2D eigenvalue weighted by atomic mass is 32.1. The van der Waals surface area contributed by atoms with Crippen LogP contribution in [0.2, 0.25) is 0 Å². The minimum absolute atomic E-state index is 0.681. The highest BCUT2D eigenvalue weighted by Gasteiger charge is 2.30. The highest BCUT2D eigenvalue weighted by Crippen LogP contribution is 2.47. The maximum atomic E-state index is 5.96. The van der Waals surface area contributed by atoms with Crippen LogP contribution in [-0.4, -0.2) is 36.0 Å². The molecule has 1 aliphatic carbocycles. The second-order valence-corrected chi connectivity index (χ2v) is 6.51. The molecule has 0 aromatic carbocycles. The summed E-state index contributed by atoms with van der Waals surface area (Å²) in [7, 11) is 2.21. The lowest BCUT2D eigenvalue weighted by Crippen LogP contribution is -2.35. The van der Waals surface area contributed by atoms with Crippen LogP contribution in [0.25, 0.3) is 0 Å². The Morgan fingerprint density at radius 1 is 1.44 bits per heavy atom. The topological polar surface area (TPSA) is 54.2 Å². The maximum absolute atomic E-state index is 5.96. The molecule has 1 aromatic rings. The summed E-state index contributed by atoms with van der Waals surface area (Å²) < 4.78 is 4.30. The fourth-order valence-corrected chi connectivity index (χ4v) is 3.69.